The van der Waals surface area contributed by atoms with Gasteiger partial charge >= 0.3 is 18.2 Å². The highest BCUT2D eigenvalue weighted by Crippen LogP contribution is 2.23. The summed E-state index contributed by atoms with van der Waals surface area (Å²) in [6.45, 7) is 5.16. The van der Waals surface area contributed by atoms with E-state index in [2.05, 4.69) is 10.6 Å². The molecule has 10 nitrogen and oxygen atoms in total. The number of amides is 2. The van der Waals surface area contributed by atoms with Crippen LogP contribution in [0.15, 0.2) is 11.8 Å². The molecule has 1 rings (SSSR count). The number of alkyl carbamates (subject to hydrolysis) is 2. The first-order chi connectivity index (χ1) is 12.0. The smallest absolute Gasteiger partial charge is 0.410 e. The summed E-state index contributed by atoms with van der Waals surface area (Å²) in [5.41, 5.74) is 0. The highest BCUT2D eigenvalue weighted by atomic mass is 16.6. The van der Waals surface area contributed by atoms with Crippen LogP contribution in [-0.2, 0) is 23.7 Å². The van der Waals surface area contributed by atoms with Crippen molar-refractivity contribution in [3.05, 3.63) is 11.8 Å². The van der Waals surface area contributed by atoms with Gasteiger partial charge in [-0.3, -0.25) is 10.1 Å². The second-order valence-electron chi connectivity index (χ2n) is 4.71. The summed E-state index contributed by atoms with van der Waals surface area (Å²) in [4.78, 5) is 35.7. The number of ether oxygens (including phenoxy) is 4. The normalized spacial score (nSPS) is 21.7. The average Bonchev–Trinajstić information content (AvgIpc) is 2.56. The van der Waals surface area contributed by atoms with Crippen LogP contribution in [0.2, 0.25) is 0 Å². The summed E-state index contributed by atoms with van der Waals surface area (Å²) in [5.74, 6) is -1.93. The zero-order chi connectivity index (χ0) is 18.8. The van der Waals surface area contributed by atoms with E-state index in [0.29, 0.717) is 0 Å². The second kappa shape index (κ2) is 10.0. The number of esters is 1. The summed E-state index contributed by atoms with van der Waals surface area (Å²) >= 11 is 0. The van der Waals surface area contributed by atoms with E-state index < -0.39 is 36.3 Å². The maximum atomic E-state index is 12.2. The molecular formula is C15H21N3O7. The molecule has 10 heteroatoms. The molecule has 2 amide bonds. The lowest BCUT2D eigenvalue weighted by atomic mass is 9.95. The van der Waals surface area contributed by atoms with E-state index in [-0.39, 0.29) is 25.6 Å². The molecule has 0 spiro atoms. The maximum Gasteiger partial charge on any atom is 0.410 e. The van der Waals surface area contributed by atoms with Gasteiger partial charge in [0, 0.05) is 0 Å². The van der Waals surface area contributed by atoms with Crippen molar-refractivity contribution in [1.82, 2.24) is 10.6 Å². The molecule has 0 aromatic rings. The van der Waals surface area contributed by atoms with Crippen molar-refractivity contribution >= 4 is 18.2 Å². The van der Waals surface area contributed by atoms with Gasteiger partial charge in [0.15, 0.2) is 12.0 Å². The average molecular weight is 355 g/mol. The molecule has 1 aliphatic rings. The number of hydrogen-bond acceptors (Lipinski definition) is 8. The summed E-state index contributed by atoms with van der Waals surface area (Å²) in [5, 5.41) is 13.9. The van der Waals surface area contributed by atoms with Gasteiger partial charge < -0.3 is 24.3 Å². The molecule has 0 saturated carbocycles. The fourth-order valence-corrected chi connectivity index (χ4v) is 2.10. The third-order valence-electron chi connectivity index (χ3n) is 3.06. The molecule has 3 atom stereocenters. The van der Waals surface area contributed by atoms with Crippen LogP contribution < -0.4 is 10.6 Å². The minimum atomic E-state index is -1.22. The van der Waals surface area contributed by atoms with Crippen molar-refractivity contribution in [2.24, 2.45) is 5.92 Å². The molecule has 0 bridgehead atoms. The lowest BCUT2D eigenvalue weighted by Crippen LogP contribution is -2.59. The van der Waals surface area contributed by atoms with Crippen LogP contribution in [0.25, 0.3) is 0 Å². The van der Waals surface area contributed by atoms with Crippen molar-refractivity contribution in [3.8, 4) is 6.07 Å². The molecule has 0 fully saturated rings. The van der Waals surface area contributed by atoms with Crippen molar-refractivity contribution in [1.29, 1.82) is 5.26 Å². The quantitative estimate of drug-likeness (QED) is 0.527. The topological polar surface area (TPSA) is 136 Å². The van der Waals surface area contributed by atoms with Crippen molar-refractivity contribution in [2.45, 2.75) is 33.0 Å². The molecule has 0 aromatic carbocycles. The summed E-state index contributed by atoms with van der Waals surface area (Å²) in [6, 6.07) is 0.704. The SMILES string of the molecule is CCOC(=O)N[C@H]1[C@H](NC(=O)OCC)OC(C#N)=C[C@H]1C(=O)OCC. The molecular weight excluding hydrogens is 334 g/mol. The van der Waals surface area contributed by atoms with E-state index in [1.54, 1.807) is 26.8 Å². The van der Waals surface area contributed by atoms with Crippen molar-refractivity contribution in [3.63, 3.8) is 0 Å². The fourth-order valence-electron chi connectivity index (χ4n) is 2.10. The Hall–Kier alpha value is -2.96. The Morgan fingerprint density at radius 2 is 1.64 bits per heavy atom. The molecule has 0 aromatic heterocycles. The van der Waals surface area contributed by atoms with Crippen LogP contribution >= 0.6 is 0 Å². The fraction of sp³-hybridized carbons (Fsp3) is 0.600. The van der Waals surface area contributed by atoms with Gasteiger partial charge in [-0.1, -0.05) is 0 Å². The van der Waals surface area contributed by atoms with E-state index >= 15 is 0 Å². The van der Waals surface area contributed by atoms with Crippen LogP contribution in [-0.4, -0.2) is 50.2 Å². The Bertz CT molecular complexity index is 570. The van der Waals surface area contributed by atoms with E-state index in [0.717, 1.165) is 0 Å². The maximum absolute atomic E-state index is 12.2. The van der Waals surface area contributed by atoms with Gasteiger partial charge in [0.2, 0.25) is 0 Å². The zero-order valence-electron chi connectivity index (χ0n) is 14.2. The Kier molecular flexibility index (Phi) is 8.05. The third kappa shape index (κ3) is 5.87. The molecule has 0 saturated heterocycles. The highest BCUT2D eigenvalue weighted by molar-refractivity contribution is 5.78. The van der Waals surface area contributed by atoms with E-state index in [1.807, 2.05) is 0 Å². The van der Waals surface area contributed by atoms with E-state index in [1.165, 1.54) is 6.08 Å². The van der Waals surface area contributed by atoms with Crippen LogP contribution in [0.1, 0.15) is 20.8 Å². The Morgan fingerprint density at radius 1 is 1.08 bits per heavy atom. The third-order valence-corrected chi connectivity index (χ3v) is 3.06. The molecule has 1 aliphatic heterocycles. The van der Waals surface area contributed by atoms with Gasteiger partial charge in [0.1, 0.15) is 18.0 Å². The van der Waals surface area contributed by atoms with Crippen LogP contribution in [0.4, 0.5) is 9.59 Å². The molecule has 2 N–H and O–H groups in total. The number of allylic oxidation sites excluding steroid dienone is 1. The summed E-state index contributed by atoms with van der Waals surface area (Å²) in [6.07, 6.45) is -1.64. The monoisotopic (exact) mass is 355 g/mol. The molecule has 0 radical (unpaired) electrons. The number of nitrogens with one attached hydrogen (secondary N) is 2. The molecule has 0 unspecified atom stereocenters. The Labute approximate surface area is 145 Å². The van der Waals surface area contributed by atoms with Gasteiger partial charge in [-0.2, -0.15) is 5.26 Å². The zero-order valence-corrected chi connectivity index (χ0v) is 14.2. The minimum absolute atomic E-state index is 0.105. The van der Waals surface area contributed by atoms with Crippen molar-refractivity contribution in [2.75, 3.05) is 19.8 Å². The van der Waals surface area contributed by atoms with Gasteiger partial charge in [-0.25, -0.2) is 9.59 Å². The van der Waals surface area contributed by atoms with Crippen molar-refractivity contribution < 1.29 is 33.3 Å². The second-order valence-corrected chi connectivity index (χ2v) is 4.71. The summed E-state index contributed by atoms with van der Waals surface area (Å²) < 4.78 is 19.8. The van der Waals surface area contributed by atoms with Gasteiger partial charge in [-0.05, 0) is 26.8 Å². The lowest BCUT2D eigenvalue weighted by molar-refractivity contribution is -0.149. The molecule has 1 heterocycles. The highest BCUT2D eigenvalue weighted by Gasteiger charge is 2.42. The predicted molar refractivity (Wildman–Crippen MR) is 82.8 cm³/mol. The Morgan fingerprint density at radius 3 is 2.16 bits per heavy atom. The first-order valence-electron chi connectivity index (χ1n) is 7.78. The minimum Gasteiger partial charge on any atom is -0.465 e. The van der Waals surface area contributed by atoms with Gasteiger partial charge in [0.25, 0.3) is 0 Å². The predicted octanol–water partition coefficient (Wildman–Crippen LogP) is 0.790. The van der Waals surface area contributed by atoms with Gasteiger partial charge in [-0.15, -0.1) is 0 Å². The number of hydrogen-bond donors (Lipinski definition) is 2. The number of carbonyl (C=O) groups excluding carboxylic acids is 3. The number of nitrogens with zero attached hydrogens (tertiary/aromatic N) is 1. The first-order valence-corrected chi connectivity index (χ1v) is 7.78. The van der Waals surface area contributed by atoms with Gasteiger partial charge in [0.05, 0.1) is 19.8 Å². The Balaban J connectivity index is 3.10. The lowest BCUT2D eigenvalue weighted by Gasteiger charge is -2.34. The largest absolute Gasteiger partial charge is 0.465 e. The van der Waals surface area contributed by atoms with Crippen LogP contribution in [0.3, 0.4) is 0 Å². The number of carbonyl (C=O) groups is 3. The first kappa shape index (κ1) is 20.1. The standard InChI is InChI=1S/C15H21N3O7/c1-4-22-13(19)10-7-9(8-16)25-12(18-15(21)24-6-3)11(10)17-14(20)23-5-2/h7,10-12H,4-6H2,1-3H3,(H,17,20)(H,18,21)/t10-,11-,12-/m1/s1. The molecule has 25 heavy (non-hydrogen) atoms. The number of rotatable bonds is 6. The van der Waals surface area contributed by atoms with Crippen LogP contribution in [0, 0.1) is 17.2 Å². The van der Waals surface area contributed by atoms with E-state index in [4.69, 9.17) is 24.2 Å². The number of nitriles is 1. The molecule has 138 valence electrons. The van der Waals surface area contributed by atoms with E-state index in [9.17, 15) is 14.4 Å². The summed E-state index contributed by atoms with van der Waals surface area (Å²) in [7, 11) is 0. The molecule has 0 aliphatic carbocycles. The van der Waals surface area contributed by atoms with Crippen LogP contribution in [0.5, 0.6) is 0 Å².